The second-order valence-electron chi connectivity index (χ2n) is 4.72. The lowest BCUT2D eigenvalue weighted by Crippen LogP contribution is -2.14. The number of benzene rings is 1. The zero-order valence-electron chi connectivity index (χ0n) is 11.8. The van der Waals surface area contributed by atoms with Gasteiger partial charge < -0.3 is 15.3 Å². The fraction of sp³-hybridized carbons (Fsp3) is 0.214. The Morgan fingerprint density at radius 3 is 2.81 bits per heavy atom. The van der Waals surface area contributed by atoms with E-state index in [1.165, 1.54) is 17.1 Å². The number of aliphatic carboxylic acids is 1. The van der Waals surface area contributed by atoms with Gasteiger partial charge in [0, 0.05) is 31.5 Å². The van der Waals surface area contributed by atoms with Crippen molar-refractivity contribution in [3.05, 3.63) is 42.2 Å². The van der Waals surface area contributed by atoms with Crippen molar-refractivity contribution in [1.82, 2.24) is 9.78 Å². The number of nitrogens with zero attached hydrogens (tertiary/aromatic N) is 3. The highest BCUT2D eigenvalue weighted by Crippen LogP contribution is 2.15. The van der Waals surface area contributed by atoms with Crippen molar-refractivity contribution in [2.24, 2.45) is 0 Å². The normalized spacial score (nSPS) is 10.2. The molecule has 0 unspecified atom stereocenters. The Hall–Kier alpha value is -2.83. The molecule has 1 aromatic carbocycles. The van der Waals surface area contributed by atoms with E-state index < -0.39 is 5.97 Å². The van der Waals surface area contributed by atoms with E-state index in [0.29, 0.717) is 11.3 Å². The number of nitrogens with one attached hydrogen (secondary N) is 1. The molecule has 2 rings (SSSR count). The maximum atomic E-state index is 12.1. The van der Waals surface area contributed by atoms with Gasteiger partial charge in [0.15, 0.2) is 0 Å². The summed E-state index contributed by atoms with van der Waals surface area (Å²) < 4.78 is 1.24. The molecule has 2 N–H and O–H groups in total. The smallest absolute Gasteiger partial charge is 0.325 e. The number of anilines is 2. The van der Waals surface area contributed by atoms with Crippen LogP contribution >= 0.6 is 0 Å². The Morgan fingerprint density at radius 1 is 1.38 bits per heavy atom. The van der Waals surface area contributed by atoms with Crippen LogP contribution in [0.5, 0.6) is 0 Å². The second kappa shape index (κ2) is 6.08. The molecule has 0 fully saturated rings. The molecule has 0 radical (unpaired) electrons. The lowest BCUT2D eigenvalue weighted by atomic mass is 10.2. The quantitative estimate of drug-likeness (QED) is 0.865. The van der Waals surface area contributed by atoms with Gasteiger partial charge in [0.2, 0.25) is 0 Å². The predicted molar refractivity (Wildman–Crippen MR) is 78.6 cm³/mol. The number of carboxylic acid groups (broad SMARTS) is 1. The highest BCUT2D eigenvalue weighted by Gasteiger charge is 2.09. The number of aromatic nitrogens is 2. The van der Waals surface area contributed by atoms with Crippen molar-refractivity contribution in [2.75, 3.05) is 24.3 Å². The minimum Gasteiger partial charge on any atom is -0.480 e. The van der Waals surface area contributed by atoms with Gasteiger partial charge in [-0.05, 0) is 18.2 Å². The summed E-state index contributed by atoms with van der Waals surface area (Å²) in [5.41, 5.74) is 1.90. The maximum Gasteiger partial charge on any atom is 0.325 e. The Bertz CT molecular complexity index is 664. The zero-order chi connectivity index (χ0) is 15.4. The number of hydrogen-bond acceptors (Lipinski definition) is 4. The van der Waals surface area contributed by atoms with E-state index in [1.807, 2.05) is 25.1 Å². The molecule has 1 amide bonds. The van der Waals surface area contributed by atoms with E-state index in [2.05, 4.69) is 10.4 Å². The van der Waals surface area contributed by atoms with E-state index in [4.69, 9.17) is 5.11 Å². The van der Waals surface area contributed by atoms with Crippen molar-refractivity contribution in [2.45, 2.75) is 6.54 Å². The third-order valence-electron chi connectivity index (χ3n) is 2.81. The van der Waals surface area contributed by atoms with Crippen molar-refractivity contribution < 1.29 is 14.7 Å². The molecular formula is C14H16N4O3. The molecule has 0 atom stereocenters. The summed E-state index contributed by atoms with van der Waals surface area (Å²) in [6.45, 7) is -0.244. The van der Waals surface area contributed by atoms with Crippen LogP contribution in [0.4, 0.5) is 11.4 Å². The topological polar surface area (TPSA) is 87.5 Å². The van der Waals surface area contributed by atoms with Crippen LogP contribution in [0.2, 0.25) is 0 Å². The average molecular weight is 288 g/mol. The van der Waals surface area contributed by atoms with E-state index in [9.17, 15) is 9.59 Å². The van der Waals surface area contributed by atoms with Crippen molar-refractivity contribution in [3.8, 4) is 0 Å². The fourth-order valence-corrected chi connectivity index (χ4v) is 1.78. The summed E-state index contributed by atoms with van der Waals surface area (Å²) in [4.78, 5) is 24.6. The molecule has 7 nitrogen and oxygen atoms in total. The Balaban J connectivity index is 2.09. The van der Waals surface area contributed by atoms with Gasteiger partial charge in [0.1, 0.15) is 6.54 Å². The van der Waals surface area contributed by atoms with Crippen LogP contribution in [-0.4, -0.2) is 40.9 Å². The highest BCUT2D eigenvalue weighted by molar-refractivity contribution is 6.04. The van der Waals surface area contributed by atoms with Crippen molar-refractivity contribution in [3.63, 3.8) is 0 Å². The van der Waals surface area contributed by atoms with Gasteiger partial charge in [0.25, 0.3) is 5.91 Å². The van der Waals surface area contributed by atoms with Crippen LogP contribution in [0, 0.1) is 0 Å². The number of carboxylic acids is 1. The molecule has 7 heteroatoms. The highest BCUT2D eigenvalue weighted by atomic mass is 16.4. The second-order valence-corrected chi connectivity index (χ2v) is 4.72. The molecule has 0 aliphatic rings. The first kappa shape index (κ1) is 14.6. The molecule has 0 aliphatic heterocycles. The SMILES string of the molecule is CN(C)c1cccc(C(=O)Nc2cnn(CC(=O)O)c2)c1. The van der Waals surface area contributed by atoms with E-state index in [-0.39, 0.29) is 12.5 Å². The number of carbonyl (C=O) groups excluding carboxylic acids is 1. The summed E-state index contributed by atoms with van der Waals surface area (Å²) >= 11 is 0. The minimum atomic E-state index is -0.991. The molecule has 0 spiro atoms. The molecular weight excluding hydrogens is 272 g/mol. The van der Waals surface area contributed by atoms with E-state index >= 15 is 0 Å². The molecule has 1 heterocycles. The van der Waals surface area contributed by atoms with Gasteiger partial charge in [-0.2, -0.15) is 5.10 Å². The molecule has 0 saturated heterocycles. The molecule has 21 heavy (non-hydrogen) atoms. The first-order valence-electron chi connectivity index (χ1n) is 6.28. The molecule has 1 aromatic heterocycles. The van der Waals surface area contributed by atoms with Gasteiger partial charge >= 0.3 is 5.97 Å². The van der Waals surface area contributed by atoms with Gasteiger partial charge in [-0.25, -0.2) is 0 Å². The van der Waals surface area contributed by atoms with Gasteiger partial charge in [-0.1, -0.05) is 6.07 Å². The monoisotopic (exact) mass is 288 g/mol. The predicted octanol–water partition coefficient (Wildman–Crippen LogP) is 1.29. The molecule has 0 bridgehead atoms. The lowest BCUT2D eigenvalue weighted by Gasteiger charge is -2.13. The summed E-state index contributed by atoms with van der Waals surface area (Å²) in [6, 6.07) is 7.20. The van der Waals surface area contributed by atoms with Crippen molar-refractivity contribution in [1.29, 1.82) is 0 Å². The summed E-state index contributed by atoms with van der Waals surface area (Å²) in [5, 5.41) is 15.2. The first-order valence-corrected chi connectivity index (χ1v) is 6.28. The van der Waals surface area contributed by atoms with Gasteiger partial charge in [-0.3, -0.25) is 14.3 Å². The van der Waals surface area contributed by atoms with Gasteiger partial charge in [-0.15, -0.1) is 0 Å². The lowest BCUT2D eigenvalue weighted by molar-refractivity contribution is -0.137. The third-order valence-corrected chi connectivity index (χ3v) is 2.81. The van der Waals surface area contributed by atoms with Crippen LogP contribution in [0.25, 0.3) is 0 Å². The first-order chi connectivity index (χ1) is 9.95. The summed E-state index contributed by atoms with van der Waals surface area (Å²) in [6.07, 6.45) is 2.89. The van der Waals surface area contributed by atoms with E-state index in [0.717, 1.165) is 5.69 Å². The zero-order valence-corrected chi connectivity index (χ0v) is 11.8. The van der Waals surface area contributed by atoms with Crippen LogP contribution in [-0.2, 0) is 11.3 Å². The average Bonchev–Trinajstić information content (AvgIpc) is 2.85. The third kappa shape index (κ3) is 3.82. The summed E-state index contributed by atoms with van der Waals surface area (Å²) in [5.74, 6) is -1.26. The Morgan fingerprint density at radius 2 is 2.14 bits per heavy atom. The summed E-state index contributed by atoms with van der Waals surface area (Å²) in [7, 11) is 3.79. The Kier molecular flexibility index (Phi) is 4.22. The number of carbonyl (C=O) groups is 2. The molecule has 2 aromatic rings. The number of hydrogen-bond donors (Lipinski definition) is 2. The fourth-order valence-electron chi connectivity index (χ4n) is 1.78. The van der Waals surface area contributed by atoms with Gasteiger partial charge in [0.05, 0.1) is 11.9 Å². The van der Waals surface area contributed by atoms with E-state index in [1.54, 1.807) is 18.2 Å². The maximum absolute atomic E-state index is 12.1. The largest absolute Gasteiger partial charge is 0.480 e. The Labute approximate surface area is 121 Å². The standard InChI is InChI=1S/C14H16N4O3/c1-17(2)12-5-3-4-10(6-12)14(21)16-11-7-15-18(8-11)9-13(19)20/h3-8H,9H2,1-2H3,(H,16,21)(H,19,20). The van der Waals surface area contributed by atoms with Crippen LogP contribution in [0.3, 0.4) is 0 Å². The van der Waals surface area contributed by atoms with Crippen molar-refractivity contribution >= 4 is 23.3 Å². The molecule has 110 valence electrons. The number of rotatable bonds is 5. The van der Waals surface area contributed by atoms with Crippen LogP contribution in [0.1, 0.15) is 10.4 Å². The molecule has 0 aliphatic carbocycles. The molecule has 0 saturated carbocycles. The van der Waals surface area contributed by atoms with Crippen LogP contribution in [0.15, 0.2) is 36.7 Å². The number of amides is 1. The minimum absolute atomic E-state index is 0.244. The van der Waals surface area contributed by atoms with Crippen LogP contribution < -0.4 is 10.2 Å².